The molecule has 2 aliphatic heterocycles. The number of aryl methyl sites for hydroxylation is 1. The molecule has 31 heavy (non-hydrogen) atoms. The summed E-state index contributed by atoms with van der Waals surface area (Å²) >= 11 is 0. The summed E-state index contributed by atoms with van der Waals surface area (Å²) in [4.78, 5) is 28.3. The van der Waals surface area contributed by atoms with Crippen LogP contribution in [0.1, 0.15) is 27.9 Å². The second kappa shape index (κ2) is 9.94. The number of fused-ring (bicyclic) bond motifs is 1. The standard InChI is InChI=1S/C24H29N3O4/c1-18-6-7-21-22(14-18)31-17-23(28)27(21)16-19-4-2-5-20(15-19)24(29)25-8-3-9-26-10-12-30-13-11-26/h2,4-7,14-15H,3,8-13,16-17H2,1H3,(H,25,29)/p+1. The zero-order valence-electron chi connectivity index (χ0n) is 18.0. The van der Waals surface area contributed by atoms with Gasteiger partial charge in [-0.15, -0.1) is 0 Å². The number of ether oxygens (including phenoxy) is 2. The first kappa shape index (κ1) is 21.3. The SMILES string of the molecule is Cc1ccc2c(c1)OCC(=O)N2Cc1cccc(C(=O)NCCC[NH+]2CCOCC2)c1. The number of benzene rings is 2. The monoisotopic (exact) mass is 424 g/mol. The minimum absolute atomic E-state index is 0.0295. The minimum atomic E-state index is -0.0863. The van der Waals surface area contributed by atoms with E-state index in [9.17, 15) is 9.59 Å². The van der Waals surface area contributed by atoms with E-state index in [1.165, 1.54) is 4.90 Å². The Balaban J connectivity index is 1.35. The fraction of sp³-hybridized carbons (Fsp3) is 0.417. The number of amides is 2. The van der Waals surface area contributed by atoms with E-state index >= 15 is 0 Å². The van der Waals surface area contributed by atoms with Crippen molar-refractivity contribution in [1.29, 1.82) is 0 Å². The molecule has 1 fully saturated rings. The van der Waals surface area contributed by atoms with Gasteiger partial charge in [0.05, 0.1) is 32.0 Å². The van der Waals surface area contributed by atoms with E-state index in [0.29, 0.717) is 18.7 Å². The summed E-state index contributed by atoms with van der Waals surface area (Å²) < 4.78 is 11.0. The summed E-state index contributed by atoms with van der Waals surface area (Å²) in [5.74, 6) is 0.552. The molecule has 2 aromatic carbocycles. The third-order valence-corrected chi connectivity index (χ3v) is 5.78. The Bertz CT molecular complexity index is 940. The molecule has 0 atom stereocenters. The van der Waals surface area contributed by atoms with Crippen LogP contribution in [0.25, 0.3) is 0 Å². The molecule has 0 spiro atoms. The molecule has 1 saturated heterocycles. The first-order valence-electron chi connectivity index (χ1n) is 10.9. The quantitative estimate of drug-likeness (QED) is 0.650. The van der Waals surface area contributed by atoms with Crippen molar-refractivity contribution in [3.05, 3.63) is 59.2 Å². The number of hydrogen-bond donors (Lipinski definition) is 2. The van der Waals surface area contributed by atoms with E-state index < -0.39 is 0 Å². The number of hydrogen-bond acceptors (Lipinski definition) is 4. The molecule has 7 heteroatoms. The number of nitrogens with one attached hydrogen (secondary N) is 2. The van der Waals surface area contributed by atoms with Crippen LogP contribution in [0.4, 0.5) is 5.69 Å². The van der Waals surface area contributed by atoms with Gasteiger partial charge in [-0.2, -0.15) is 0 Å². The van der Waals surface area contributed by atoms with E-state index in [1.54, 1.807) is 4.90 Å². The Morgan fingerprint density at radius 2 is 2.00 bits per heavy atom. The van der Waals surface area contributed by atoms with Crippen molar-refractivity contribution in [2.45, 2.75) is 19.9 Å². The number of quaternary nitrogens is 1. The lowest BCUT2D eigenvalue weighted by Gasteiger charge is -2.29. The van der Waals surface area contributed by atoms with Crippen LogP contribution in [0, 0.1) is 6.92 Å². The Hall–Kier alpha value is -2.90. The maximum atomic E-state index is 12.6. The molecule has 2 amide bonds. The molecule has 2 aromatic rings. The van der Waals surface area contributed by atoms with Crippen LogP contribution in [0.5, 0.6) is 5.75 Å². The molecule has 4 rings (SSSR count). The van der Waals surface area contributed by atoms with Crippen molar-refractivity contribution in [2.75, 3.05) is 50.9 Å². The number of carbonyl (C=O) groups is 2. The van der Waals surface area contributed by atoms with Gasteiger partial charge in [-0.25, -0.2) is 0 Å². The van der Waals surface area contributed by atoms with Gasteiger partial charge in [0.15, 0.2) is 6.61 Å². The zero-order chi connectivity index (χ0) is 21.6. The molecular formula is C24H30N3O4+. The summed E-state index contributed by atoms with van der Waals surface area (Å²) in [7, 11) is 0. The molecule has 7 nitrogen and oxygen atoms in total. The molecule has 0 unspecified atom stereocenters. The fourth-order valence-electron chi connectivity index (χ4n) is 4.03. The van der Waals surface area contributed by atoms with E-state index in [0.717, 1.165) is 61.8 Å². The van der Waals surface area contributed by atoms with Gasteiger partial charge in [-0.1, -0.05) is 18.2 Å². The second-order valence-electron chi connectivity index (χ2n) is 8.16. The third-order valence-electron chi connectivity index (χ3n) is 5.78. The molecule has 0 saturated carbocycles. The van der Waals surface area contributed by atoms with Gasteiger partial charge in [0.1, 0.15) is 18.8 Å². The van der Waals surface area contributed by atoms with Crippen molar-refractivity contribution < 1.29 is 24.0 Å². The number of nitrogens with zero attached hydrogens (tertiary/aromatic N) is 1. The van der Waals surface area contributed by atoms with Gasteiger partial charge in [-0.05, 0) is 42.3 Å². The van der Waals surface area contributed by atoms with Gasteiger partial charge in [-0.3, -0.25) is 9.59 Å². The van der Waals surface area contributed by atoms with Crippen molar-refractivity contribution >= 4 is 17.5 Å². The predicted octanol–water partition coefficient (Wildman–Crippen LogP) is 0.956. The number of rotatable bonds is 7. The first-order valence-corrected chi connectivity index (χ1v) is 10.9. The average Bonchev–Trinajstić information content (AvgIpc) is 2.79. The molecular weight excluding hydrogens is 394 g/mol. The lowest BCUT2D eigenvalue weighted by atomic mass is 10.1. The lowest BCUT2D eigenvalue weighted by Crippen LogP contribution is -3.14. The van der Waals surface area contributed by atoms with E-state index in [4.69, 9.17) is 9.47 Å². The molecule has 0 radical (unpaired) electrons. The molecule has 0 bridgehead atoms. The smallest absolute Gasteiger partial charge is 0.265 e. The number of morpholine rings is 1. The molecule has 164 valence electrons. The van der Waals surface area contributed by atoms with E-state index in [-0.39, 0.29) is 18.4 Å². The van der Waals surface area contributed by atoms with Gasteiger partial charge in [0.2, 0.25) is 0 Å². The fourth-order valence-corrected chi connectivity index (χ4v) is 4.03. The summed E-state index contributed by atoms with van der Waals surface area (Å²) in [6, 6.07) is 13.3. The van der Waals surface area contributed by atoms with E-state index in [1.807, 2.05) is 49.4 Å². The molecule has 2 heterocycles. The van der Waals surface area contributed by atoms with Gasteiger partial charge in [0, 0.05) is 18.5 Å². The zero-order valence-corrected chi connectivity index (χ0v) is 18.0. The Kier molecular flexibility index (Phi) is 6.84. The Morgan fingerprint density at radius 1 is 1.16 bits per heavy atom. The van der Waals surface area contributed by atoms with Gasteiger partial charge in [0.25, 0.3) is 11.8 Å². The van der Waals surface area contributed by atoms with Crippen LogP contribution < -0.4 is 19.9 Å². The maximum absolute atomic E-state index is 12.6. The summed E-state index contributed by atoms with van der Waals surface area (Å²) in [5.41, 5.74) is 3.37. The summed E-state index contributed by atoms with van der Waals surface area (Å²) in [5, 5.41) is 3.02. The highest BCUT2D eigenvalue weighted by atomic mass is 16.5. The summed E-state index contributed by atoms with van der Waals surface area (Å²) in [6.07, 6.45) is 0.944. The highest BCUT2D eigenvalue weighted by molar-refractivity contribution is 5.98. The first-order chi connectivity index (χ1) is 15.1. The second-order valence-corrected chi connectivity index (χ2v) is 8.16. The minimum Gasteiger partial charge on any atom is -0.482 e. The Labute approximate surface area is 182 Å². The van der Waals surface area contributed by atoms with Crippen LogP contribution >= 0.6 is 0 Å². The molecule has 2 N–H and O–H groups in total. The van der Waals surface area contributed by atoms with Crippen molar-refractivity contribution in [1.82, 2.24) is 5.32 Å². The largest absolute Gasteiger partial charge is 0.482 e. The molecule has 0 aromatic heterocycles. The van der Waals surface area contributed by atoms with Crippen LogP contribution in [0.2, 0.25) is 0 Å². The molecule has 0 aliphatic carbocycles. The molecule has 2 aliphatic rings. The van der Waals surface area contributed by atoms with Crippen LogP contribution in [-0.2, 0) is 16.1 Å². The highest BCUT2D eigenvalue weighted by Gasteiger charge is 2.25. The maximum Gasteiger partial charge on any atom is 0.265 e. The van der Waals surface area contributed by atoms with E-state index in [2.05, 4.69) is 5.32 Å². The highest BCUT2D eigenvalue weighted by Crippen LogP contribution is 2.33. The van der Waals surface area contributed by atoms with Crippen molar-refractivity contribution in [2.24, 2.45) is 0 Å². The lowest BCUT2D eigenvalue weighted by molar-refractivity contribution is -0.908. The van der Waals surface area contributed by atoms with Gasteiger partial charge >= 0.3 is 0 Å². The average molecular weight is 425 g/mol. The van der Waals surface area contributed by atoms with Crippen LogP contribution in [0.15, 0.2) is 42.5 Å². The van der Waals surface area contributed by atoms with Crippen LogP contribution in [0.3, 0.4) is 0 Å². The van der Waals surface area contributed by atoms with Crippen LogP contribution in [-0.4, -0.2) is 57.8 Å². The van der Waals surface area contributed by atoms with Crippen molar-refractivity contribution in [3.8, 4) is 5.75 Å². The Morgan fingerprint density at radius 3 is 2.84 bits per heavy atom. The third kappa shape index (κ3) is 5.42. The number of anilines is 1. The topological polar surface area (TPSA) is 72.3 Å². The van der Waals surface area contributed by atoms with Gasteiger partial charge < -0.3 is 24.6 Å². The number of carbonyl (C=O) groups excluding carboxylic acids is 2. The predicted molar refractivity (Wildman–Crippen MR) is 118 cm³/mol. The normalized spacial score (nSPS) is 16.5. The summed E-state index contributed by atoms with van der Waals surface area (Å²) in [6.45, 7) is 7.85. The van der Waals surface area contributed by atoms with Crippen molar-refractivity contribution in [3.63, 3.8) is 0 Å².